The summed E-state index contributed by atoms with van der Waals surface area (Å²) >= 11 is 0. The van der Waals surface area contributed by atoms with Gasteiger partial charge in [0.25, 0.3) is 0 Å². The van der Waals surface area contributed by atoms with Crippen LogP contribution in [-0.4, -0.2) is 31.8 Å². The van der Waals surface area contributed by atoms with Gasteiger partial charge in [0.15, 0.2) is 0 Å². The molecule has 0 bridgehead atoms. The van der Waals surface area contributed by atoms with Gasteiger partial charge in [-0.25, -0.2) is 0 Å². The number of benzene rings is 1. The second kappa shape index (κ2) is 8.18. The molecule has 1 unspecified atom stereocenters. The summed E-state index contributed by atoms with van der Waals surface area (Å²) in [5, 5.41) is 0. The van der Waals surface area contributed by atoms with Crippen LogP contribution in [0.3, 0.4) is 0 Å². The van der Waals surface area contributed by atoms with Crippen molar-refractivity contribution in [3.8, 4) is 0 Å². The Hall–Kier alpha value is -1.06. The van der Waals surface area contributed by atoms with E-state index in [4.69, 9.17) is 10.5 Å². The Bertz CT molecular complexity index is 342. The summed E-state index contributed by atoms with van der Waals surface area (Å²) in [6, 6.07) is 10.5. The predicted molar refractivity (Wildman–Crippen MR) is 82.6 cm³/mol. The zero-order valence-corrected chi connectivity index (χ0v) is 12.6. The lowest BCUT2D eigenvalue weighted by atomic mass is 9.99. The van der Waals surface area contributed by atoms with Gasteiger partial charge in [0.05, 0.1) is 12.1 Å². The fourth-order valence-corrected chi connectivity index (χ4v) is 2.20. The lowest BCUT2D eigenvalue weighted by Gasteiger charge is -2.42. The van der Waals surface area contributed by atoms with Gasteiger partial charge >= 0.3 is 0 Å². The van der Waals surface area contributed by atoms with Gasteiger partial charge in [0.1, 0.15) is 0 Å². The van der Waals surface area contributed by atoms with Crippen LogP contribution < -0.4 is 10.6 Å². The van der Waals surface area contributed by atoms with Gasteiger partial charge < -0.3 is 15.4 Å². The second-order valence-electron chi connectivity index (χ2n) is 5.18. The van der Waals surface area contributed by atoms with E-state index in [0.717, 1.165) is 19.6 Å². The molecule has 0 saturated carbocycles. The van der Waals surface area contributed by atoms with Crippen LogP contribution in [0, 0.1) is 0 Å². The van der Waals surface area contributed by atoms with Crippen LogP contribution in [-0.2, 0) is 4.74 Å². The Labute approximate surface area is 117 Å². The summed E-state index contributed by atoms with van der Waals surface area (Å²) in [5.41, 5.74) is 7.12. The fourth-order valence-electron chi connectivity index (χ4n) is 2.20. The smallest absolute Gasteiger partial charge is 0.0728 e. The average Bonchev–Trinajstić information content (AvgIpc) is 2.46. The minimum Gasteiger partial charge on any atom is -0.379 e. The molecule has 1 aromatic carbocycles. The number of rotatable bonds is 9. The second-order valence-corrected chi connectivity index (χ2v) is 5.18. The Kier molecular flexibility index (Phi) is 6.89. The summed E-state index contributed by atoms with van der Waals surface area (Å²) in [7, 11) is 0. The molecule has 3 nitrogen and oxygen atoms in total. The fraction of sp³-hybridized carbons (Fsp3) is 0.625. The highest BCUT2D eigenvalue weighted by atomic mass is 16.5. The molecule has 2 N–H and O–H groups in total. The van der Waals surface area contributed by atoms with Gasteiger partial charge in [-0.1, -0.05) is 31.5 Å². The molecule has 3 heteroatoms. The standard InChI is InChI=1S/C16H28N2O/c1-4-6-12-18(15-10-8-7-9-11-15)16(3,13-17)14-19-5-2/h7-11H,4-6,12-14,17H2,1-3H3. The summed E-state index contributed by atoms with van der Waals surface area (Å²) in [4.78, 5) is 2.40. The predicted octanol–water partition coefficient (Wildman–Crippen LogP) is 3.05. The zero-order valence-electron chi connectivity index (χ0n) is 12.6. The number of ether oxygens (including phenoxy) is 1. The van der Waals surface area contributed by atoms with E-state index < -0.39 is 0 Å². The minimum absolute atomic E-state index is 0.146. The first kappa shape index (κ1) is 16.0. The third-order valence-electron chi connectivity index (χ3n) is 3.51. The Morgan fingerprint density at radius 1 is 1.21 bits per heavy atom. The molecule has 0 radical (unpaired) electrons. The number of nitrogens with zero attached hydrogens (tertiary/aromatic N) is 1. The third-order valence-corrected chi connectivity index (χ3v) is 3.51. The van der Waals surface area contributed by atoms with Crippen LogP contribution in [0.2, 0.25) is 0 Å². The van der Waals surface area contributed by atoms with Crippen molar-refractivity contribution >= 4 is 5.69 Å². The van der Waals surface area contributed by atoms with Gasteiger partial charge in [0, 0.05) is 25.4 Å². The number of nitrogens with two attached hydrogens (primary N) is 1. The molecule has 1 aromatic rings. The van der Waals surface area contributed by atoms with Gasteiger partial charge in [-0.15, -0.1) is 0 Å². The van der Waals surface area contributed by atoms with E-state index in [9.17, 15) is 0 Å². The van der Waals surface area contributed by atoms with Crippen LogP contribution in [0.5, 0.6) is 0 Å². The molecule has 0 aliphatic heterocycles. The third kappa shape index (κ3) is 4.51. The van der Waals surface area contributed by atoms with Crippen LogP contribution in [0.1, 0.15) is 33.6 Å². The number of hydrogen-bond donors (Lipinski definition) is 1. The molecular formula is C16H28N2O. The molecule has 0 aliphatic rings. The average molecular weight is 264 g/mol. The van der Waals surface area contributed by atoms with Crippen LogP contribution in [0.4, 0.5) is 5.69 Å². The van der Waals surface area contributed by atoms with E-state index in [2.05, 4.69) is 43.0 Å². The van der Waals surface area contributed by atoms with Crippen LogP contribution >= 0.6 is 0 Å². The van der Waals surface area contributed by atoms with Crippen molar-refractivity contribution in [1.82, 2.24) is 0 Å². The quantitative estimate of drug-likeness (QED) is 0.745. The molecule has 1 rings (SSSR count). The highest BCUT2D eigenvalue weighted by molar-refractivity contribution is 5.49. The first-order chi connectivity index (χ1) is 9.18. The van der Waals surface area contributed by atoms with Gasteiger partial charge in [-0.3, -0.25) is 0 Å². The molecular weight excluding hydrogens is 236 g/mol. The summed E-state index contributed by atoms with van der Waals surface area (Å²) in [6.07, 6.45) is 2.34. The maximum atomic E-state index is 6.04. The van der Waals surface area contributed by atoms with E-state index in [1.807, 2.05) is 13.0 Å². The molecule has 0 spiro atoms. The maximum absolute atomic E-state index is 6.04. The lowest BCUT2D eigenvalue weighted by Crippen LogP contribution is -2.55. The first-order valence-electron chi connectivity index (χ1n) is 7.28. The van der Waals surface area contributed by atoms with E-state index in [-0.39, 0.29) is 5.54 Å². The number of unbranched alkanes of at least 4 members (excludes halogenated alkanes) is 1. The van der Waals surface area contributed by atoms with Crippen molar-refractivity contribution in [2.75, 3.05) is 31.2 Å². The molecule has 0 saturated heterocycles. The molecule has 0 aliphatic carbocycles. The molecule has 0 aromatic heterocycles. The topological polar surface area (TPSA) is 38.5 Å². The van der Waals surface area contributed by atoms with Gasteiger partial charge in [-0.05, 0) is 32.4 Å². The number of hydrogen-bond acceptors (Lipinski definition) is 3. The van der Waals surface area contributed by atoms with Crippen molar-refractivity contribution in [2.24, 2.45) is 5.73 Å². The largest absolute Gasteiger partial charge is 0.379 e. The van der Waals surface area contributed by atoms with Gasteiger partial charge in [-0.2, -0.15) is 0 Å². The number of para-hydroxylation sites is 1. The summed E-state index contributed by atoms with van der Waals surface area (Å²) in [6.45, 7) is 9.42. The van der Waals surface area contributed by atoms with Crippen molar-refractivity contribution in [1.29, 1.82) is 0 Å². The Balaban J connectivity index is 2.93. The normalized spacial score (nSPS) is 14.1. The SMILES string of the molecule is CCCCN(c1ccccc1)C(C)(CN)COCC. The van der Waals surface area contributed by atoms with E-state index in [1.54, 1.807) is 0 Å². The van der Waals surface area contributed by atoms with Crippen molar-refractivity contribution in [3.05, 3.63) is 30.3 Å². The molecule has 1 atom stereocenters. The van der Waals surface area contributed by atoms with Crippen LogP contribution in [0.25, 0.3) is 0 Å². The highest BCUT2D eigenvalue weighted by Crippen LogP contribution is 2.24. The minimum atomic E-state index is -0.146. The Morgan fingerprint density at radius 2 is 1.89 bits per heavy atom. The van der Waals surface area contributed by atoms with E-state index in [1.165, 1.54) is 12.1 Å². The van der Waals surface area contributed by atoms with E-state index in [0.29, 0.717) is 13.2 Å². The molecule has 0 amide bonds. The summed E-state index contributed by atoms with van der Waals surface area (Å²) < 4.78 is 5.65. The molecule has 19 heavy (non-hydrogen) atoms. The van der Waals surface area contributed by atoms with Gasteiger partial charge in [0.2, 0.25) is 0 Å². The molecule has 108 valence electrons. The van der Waals surface area contributed by atoms with Crippen LogP contribution in [0.15, 0.2) is 30.3 Å². The maximum Gasteiger partial charge on any atom is 0.0728 e. The van der Waals surface area contributed by atoms with Crippen molar-refractivity contribution < 1.29 is 4.74 Å². The first-order valence-corrected chi connectivity index (χ1v) is 7.28. The van der Waals surface area contributed by atoms with E-state index >= 15 is 0 Å². The zero-order chi connectivity index (χ0) is 14.1. The monoisotopic (exact) mass is 264 g/mol. The summed E-state index contributed by atoms with van der Waals surface area (Å²) in [5.74, 6) is 0. The van der Waals surface area contributed by atoms with Crippen molar-refractivity contribution in [3.63, 3.8) is 0 Å². The highest BCUT2D eigenvalue weighted by Gasteiger charge is 2.30. The van der Waals surface area contributed by atoms with Crippen molar-refractivity contribution in [2.45, 2.75) is 39.2 Å². The lowest BCUT2D eigenvalue weighted by molar-refractivity contribution is 0.0998. The molecule has 0 fully saturated rings. The Morgan fingerprint density at radius 3 is 2.42 bits per heavy atom. The molecule has 0 heterocycles. The number of anilines is 1.